The normalized spacial score (nSPS) is 12.8. The lowest BCUT2D eigenvalue weighted by atomic mass is 10.1. The maximum Gasteiger partial charge on any atom is 0.343 e. The average molecular weight is 583 g/mol. The molecule has 42 heavy (non-hydrogen) atoms. The Labute approximate surface area is 245 Å². The van der Waals surface area contributed by atoms with Gasteiger partial charge in [0.25, 0.3) is 11.8 Å². The lowest BCUT2D eigenvalue weighted by Crippen LogP contribution is -2.33. The van der Waals surface area contributed by atoms with Crippen LogP contribution in [0.25, 0.3) is 0 Å². The molecule has 9 nitrogen and oxygen atoms in total. The number of halogens is 1. The number of methoxy groups -OCH3 is 1. The van der Waals surface area contributed by atoms with Crippen molar-refractivity contribution in [3.63, 3.8) is 0 Å². The number of benzene rings is 4. The number of para-hydroxylation sites is 1. The van der Waals surface area contributed by atoms with E-state index in [4.69, 9.17) is 25.8 Å². The highest BCUT2D eigenvalue weighted by atomic mass is 35.5. The lowest BCUT2D eigenvalue weighted by molar-refractivity contribution is -0.120. The summed E-state index contributed by atoms with van der Waals surface area (Å²) >= 11 is 6.22. The molecule has 5 rings (SSSR count). The summed E-state index contributed by atoms with van der Waals surface area (Å²) in [6.45, 7) is 0.418. The molecule has 210 valence electrons. The molecule has 10 heteroatoms. The number of carbonyl (C=O) groups excluding carboxylic acids is 4. The number of hydrogen-bond donors (Lipinski definition) is 1. The van der Waals surface area contributed by atoms with Crippen molar-refractivity contribution in [2.24, 2.45) is 0 Å². The van der Waals surface area contributed by atoms with Crippen LogP contribution in [0.15, 0.2) is 114 Å². The largest absolute Gasteiger partial charge is 0.489 e. The van der Waals surface area contributed by atoms with Gasteiger partial charge in [-0.15, -0.1) is 0 Å². The second-order valence-electron chi connectivity index (χ2n) is 8.98. The van der Waals surface area contributed by atoms with E-state index in [9.17, 15) is 19.2 Å². The van der Waals surface area contributed by atoms with Crippen LogP contribution in [-0.4, -0.2) is 30.9 Å². The van der Waals surface area contributed by atoms with Crippen LogP contribution in [0.1, 0.15) is 26.3 Å². The van der Waals surface area contributed by atoms with Gasteiger partial charge in [-0.3, -0.25) is 9.59 Å². The van der Waals surface area contributed by atoms with Gasteiger partial charge in [-0.1, -0.05) is 54.1 Å². The van der Waals surface area contributed by atoms with Gasteiger partial charge < -0.3 is 19.5 Å². The topological polar surface area (TPSA) is 111 Å². The Hall–Kier alpha value is -5.41. The Bertz CT molecular complexity index is 1680. The van der Waals surface area contributed by atoms with E-state index in [1.54, 1.807) is 36.4 Å². The highest BCUT2D eigenvalue weighted by Crippen LogP contribution is 2.32. The zero-order chi connectivity index (χ0) is 29.6. The van der Waals surface area contributed by atoms with Crippen LogP contribution < -0.4 is 19.7 Å². The number of ether oxygens (including phenoxy) is 3. The molecule has 1 N–H and O–H groups in total. The van der Waals surface area contributed by atoms with Crippen LogP contribution in [-0.2, 0) is 20.9 Å². The number of hydrogen-bond acceptors (Lipinski definition) is 8. The lowest BCUT2D eigenvalue weighted by Gasteiger charge is -2.17. The van der Waals surface area contributed by atoms with Crippen molar-refractivity contribution >= 4 is 46.7 Å². The van der Waals surface area contributed by atoms with Crippen LogP contribution in [0.3, 0.4) is 0 Å². The van der Waals surface area contributed by atoms with E-state index in [1.807, 2.05) is 30.3 Å². The highest BCUT2D eigenvalue weighted by Gasteiger charge is 2.40. The summed E-state index contributed by atoms with van der Waals surface area (Å²) in [6, 6.07) is 28.6. The van der Waals surface area contributed by atoms with E-state index in [0.29, 0.717) is 23.8 Å². The van der Waals surface area contributed by atoms with Crippen molar-refractivity contribution in [2.45, 2.75) is 6.61 Å². The quantitative estimate of drug-likeness (QED) is 0.152. The summed E-state index contributed by atoms with van der Waals surface area (Å²) in [5, 5.41) is 2.48. The Morgan fingerprint density at radius 1 is 0.762 bits per heavy atom. The van der Waals surface area contributed by atoms with Crippen LogP contribution in [0.2, 0.25) is 0 Å². The van der Waals surface area contributed by atoms with E-state index < -0.39 is 23.8 Å². The molecule has 1 heterocycles. The first-order valence-electron chi connectivity index (χ1n) is 12.7. The molecule has 0 spiro atoms. The van der Waals surface area contributed by atoms with E-state index in [-0.39, 0.29) is 27.5 Å². The van der Waals surface area contributed by atoms with Crippen molar-refractivity contribution in [1.29, 1.82) is 0 Å². The third-order valence-corrected chi connectivity index (χ3v) is 6.60. The van der Waals surface area contributed by atoms with Gasteiger partial charge in [0, 0.05) is 5.69 Å². The van der Waals surface area contributed by atoms with Crippen LogP contribution >= 0.6 is 11.6 Å². The SMILES string of the molecule is COC(=O)c1ccccc1N1C(=O)C(Cl)=C(Nc2ccc(C(=O)Oc3ccc(OCc4ccccc4)cc3)cc2)C1=O. The smallest absolute Gasteiger partial charge is 0.343 e. The van der Waals surface area contributed by atoms with Crippen molar-refractivity contribution < 1.29 is 33.4 Å². The van der Waals surface area contributed by atoms with Crippen molar-refractivity contribution in [1.82, 2.24) is 0 Å². The molecule has 0 aliphatic carbocycles. The zero-order valence-corrected chi connectivity index (χ0v) is 23.0. The molecule has 0 aromatic heterocycles. The van der Waals surface area contributed by atoms with Gasteiger partial charge in [0.1, 0.15) is 28.8 Å². The first kappa shape index (κ1) is 28.1. The molecule has 0 saturated carbocycles. The second-order valence-corrected chi connectivity index (χ2v) is 9.36. The summed E-state index contributed by atoms with van der Waals surface area (Å²) < 4.78 is 16.0. The van der Waals surface area contributed by atoms with Crippen molar-refractivity contribution in [2.75, 3.05) is 17.3 Å². The van der Waals surface area contributed by atoms with Crippen LogP contribution in [0.5, 0.6) is 11.5 Å². The molecule has 4 aromatic rings. The minimum atomic E-state index is -0.794. The van der Waals surface area contributed by atoms with Crippen LogP contribution in [0, 0.1) is 0 Å². The fraction of sp³-hybridized carbons (Fsp3) is 0.0625. The summed E-state index contributed by atoms with van der Waals surface area (Å²) in [5.74, 6) is -1.87. The van der Waals surface area contributed by atoms with Gasteiger partial charge in [-0.25, -0.2) is 14.5 Å². The molecule has 0 fully saturated rings. The molecule has 0 saturated heterocycles. The zero-order valence-electron chi connectivity index (χ0n) is 22.2. The number of nitrogens with one attached hydrogen (secondary N) is 1. The number of esters is 2. The first-order valence-corrected chi connectivity index (χ1v) is 13.1. The summed E-state index contributed by atoms with van der Waals surface area (Å²) in [5.41, 5.74) is 1.59. The van der Waals surface area contributed by atoms with Crippen molar-refractivity contribution in [3.8, 4) is 11.5 Å². The minimum absolute atomic E-state index is 0.0321. The third-order valence-electron chi connectivity index (χ3n) is 6.25. The van der Waals surface area contributed by atoms with Gasteiger partial charge in [-0.05, 0) is 66.2 Å². The number of anilines is 2. The van der Waals surface area contributed by atoms with E-state index in [2.05, 4.69) is 5.32 Å². The van der Waals surface area contributed by atoms with E-state index in [1.165, 1.54) is 43.5 Å². The van der Waals surface area contributed by atoms with E-state index >= 15 is 0 Å². The van der Waals surface area contributed by atoms with Gasteiger partial charge in [0.15, 0.2) is 0 Å². The van der Waals surface area contributed by atoms with Crippen molar-refractivity contribution in [3.05, 3.63) is 131 Å². The van der Waals surface area contributed by atoms with E-state index in [0.717, 1.165) is 10.5 Å². The molecular formula is C32H23ClN2O7. The fourth-order valence-corrected chi connectivity index (χ4v) is 4.34. The van der Waals surface area contributed by atoms with Gasteiger partial charge in [-0.2, -0.15) is 0 Å². The number of amides is 2. The fourth-order valence-electron chi connectivity index (χ4n) is 4.13. The number of nitrogens with zero attached hydrogens (tertiary/aromatic N) is 1. The monoisotopic (exact) mass is 582 g/mol. The molecule has 4 aromatic carbocycles. The van der Waals surface area contributed by atoms with Gasteiger partial charge in [0.05, 0.1) is 23.9 Å². The molecule has 2 amide bonds. The Morgan fingerprint density at radius 2 is 1.40 bits per heavy atom. The molecule has 0 unspecified atom stereocenters. The minimum Gasteiger partial charge on any atom is -0.489 e. The average Bonchev–Trinajstić information content (AvgIpc) is 3.23. The maximum absolute atomic E-state index is 13.2. The summed E-state index contributed by atoms with van der Waals surface area (Å²) in [6.07, 6.45) is 0. The molecule has 1 aliphatic rings. The Morgan fingerprint density at radius 3 is 2.10 bits per heavy atom. The van der Waals surface area contributed by atoms with Gasteiger partial charge in [0.2, 0.25) is 0 Å². The predicted molar refractivity (Wildman–Crippen MR) is 155 cm³/mol. The second kappa shape index (κ2) is 12.4. The first-order chi connectivity index (χ1) is 20.4. The Kier molecular flexibility index (Phi) is 8.31. The molecule has 1 aliphatic heterocycles. The van der Waals surface area contributed by atoms with Gasteiger partial charge >= 0.3 is 11.9 Å². The number of rotatable bonds is 9. The molecule has 0 atom stereocenters. The van der Waals surface area contributed by atoms with Crippen LogP contribution in [0.4, 0.5) is 11.4 Å². The Balaban J connectivity index is 1.22. The standard InChI is InChI=1S/C32H23ClN2O7/c1-40-32(39)25-9-5-6-10-26(25)35-29(36)27(33)28(30(35)37)34-22-13-11-21(12-14-22)31(38)42-24-17-15-23(16-18-24)41-19-20-7-3-2-4-8-20/h2-18,34H,19H2,1H3. The highest BCUT2D eigenvalue weighted by molar-refractivity contribution is 6.53. The summed E-state index contributed by atoms with van der Waals surface area (Å²) in [7, 11) is 1.20. The summed E-state index contributed by atoms with van der Waals surface area (Å²) in [4.78, 5) is 51.7. The molecule has 0 bridgehead atoms. The molecule has 0 radical (unpaired) electrons. The number of carbonyl (C=O) groups is 4. The third kappa shape index (κ3) is 6.01. The molecular weight excluding hydrogens is 560 g/mol. The predicted octanol–water partition coefficient (Wildman–Crippen LogP) is 5.71. The number of imide groups is 1. The maximum atomic E-state index is 13.2.